The molecule has 0 aliphatic carbocycles. The SMILES string of the molecule is Cc1cccc2c(CCC(=O)N(CC(=O)O)C(C)C)c[nH]c12. The minimum absolute atomic E-state index is 0.117. The maximum absolute atomic E-state index is 12.3. The van der Waals surface area contributed by atoms with Crippen LogP contribution in [0.3, 0.4) is 0 Å². The molecule has 118 valence electrons. The van der Waals surface area contributed by atoms with E-state index in [1.807, 2.05) is 45.2 Å². The largest absolute Gasteiger partial charge is 0.480 e. The average molecular weight is 302 g/mol. The molecule has 2 aromatic rings. The molecular formula is C17H22N2O3. The fourth-order valence-corrected chi connectivity index (χ4v) is 2.66. The molecule has 1 heterocycles. The quantitative estimate of drug-likeness (QED) is 0.861. The first-order chi connectivity index (χ1) is 10.4. The summed E-state index contributed by atoms with van der Waals surface area (Å²) < 4.78 is 0. The topological polar surface area (TPSA) is 73.4 Å². The molecule has 0 radical (unpaired) electrons. The summed E-state index contributed by atoms with van der Waals surface area (Å²) in [6.45, 7) is 5.45. The van der Waals surface area contributed by atoms with Gasteiger partial charge in [-0.2, -0.15) is 0 Å². The van der Waals surface area contributed by atoms with Gasteiger partial charge in [-0.3, -0.25) is 9.59 Å². The normalized spacial score (nSPS) is 11.1. The second kappa shape index (κ2) is 6.64. The van der Waals surface area contributed by atoms with Crippen LogP contribution in [0.25, 0.3) is 10.9 Å². The van der Waals surface area contributed by atoms with Gasteiger partial charge >= 0.3 is 5.97 Å². The van der Waals surface area contributed by atoms with Crippen LogP contribution >= 0.6 is 0 Å². The minimum atomic E-state index is -0.982. The zero-order valence-electron chi connectivity index (χ0n) is 13.2. The Kier molecular flexibility index (Phi) is 4.85. The van der Waals surface area contributed by atoms with E-state index in [2.05, 4.69) is 4.98 Å². The molecule has 1 aromatic carbocycles. The summed E-state index contributed by atoms with van der Waals surface area (Å²) in [5, 5.41) is 10.0. The summed E-state index contributed by atoms with van der Waals surface area (Å²) in [6.07, 6.45) is 2.85. The molecule has 0 aliphatic rings. The van der Waals surface area contributed by atoms with E-state index >= 15 is 0 Å². The number of nitrogens with one attached hydrogen (secondary N) is 1. The van der Waals surface area contributed by atoms with Crippen LogP contribution in [0.2, 0.25) is 0 Å². The number of aryl methyl sites for hydroxylation is 2. The van der Waals surface area contributed by atoms with Crippen molar-refractivity contribution in [3.63, 3.8) is 0 Å². The number of aliphatic carboxylic acids is 1. The number of carboxylic acids is 1. The van der Waals surface area contributed by atoms with E-state index < -0.39 is 5.97 Å². The first-order valence-corrected chi connectivity index (χ1v) is 7.47. The van der Waals surface area contributed by atoms with Gasteiger partial charge in [0.15, 0.2) is 0 Å². The van der Waals surface area contributed by atoms with Crippen LogP contribution in [-0.2, 0) is 16.0 Å². The van der Waals surface area contributed by atoms with Gasteiger partial charge in [-0.05, 0) is 38.3 Å². The average Bonchev–Trinajstić information content (AvgIpc) is 2.86. The molecule has 0 unspecified atom stereocenters. The van der Waals surface area contributed by atoms with Crippen molar-refractivity contribution in [1.29, 1.82) is 0 Å². The van der Waals surface area contributed by atoms with E-state index in [9.17, 15) is 9.59 Å². The van der Waals surface area contributed by atoms with Crippen LogP contribution in [0.15, 0.2) is 24.4 Å². The van der Waals surface area contributed by atoms with Gasteiger partial charge in [0.05, 0.1) is 0 Å². The lowest BCUT2D eigenvalue weighted by atomic mass is 10.1. The van der Waals surface area contributed by atoms with Crippen molar-refractivity contribution in [1.82, 2.24) is 9.88 Å². The van der Waals surface area contributed by atoms with Gasteiger partial charge in [-0.25, -0.2) is 0 Å². The number of H-pyrrole nitrogens is 1. The van der Waals surface area contributed by atoms with E-state index in [0.29, 0.717) is 12.8 Å². The molecule has 1 aromatic heterocycles. The molecule has 1 amide bonds. The number of carbonyl (C=O) groups is 2. The Hall–Kier alpha value is -2.30. The smallest absolute Gasteiger partial charge is 0.323 e. The van der Waals surface area contributed by atoms with Gasteiger partial charge < -0.3 is 15.0 Å². The third-order valence-corrected chi connectivity index (χ3v) is 3.87. The number of fused-ring (bicyclic) bond motifs is 1. The Labute approximate surface area is 129 Å². The molecule has 0 spiro atoms. The van der Waals surface area contributed by atoms with Crippen molar-refractivity contribution in [2.45, 2.75) is 39.7 Å². The van der Waals surface area contributed by atoms with Gasteiger partial charge in [-0.1, -0.05) is 18.2 Å². The fourth-order valence-electron chi connectivity index (χ4n) is 2.66. The molecule has 0 saturated carbocycles. The Balaban J connectivity index is 2.09. The standard InChI is InChI=1S/C17H22N2O3/c1-11(2)19(10-16(21)22)15(20)8-7-13-9-18-17-12(3)5-4-6-14(13)17/h4-6,9,11,18H,7-8,10H2,1-3H3,(H,21,22). The van der Waals surface area contributed by atoms with Crippen LogP contribution in [-0.4, -0.2) is 39.5 Å². The molecule has 0 saturated heterocycles. The highest BCUT2D eigenvalue weighted by Gasteiger charge is 2.19. The van der Waals surface area contributed by atoms with Crippen LogP contribution in [0.1, 0.15) is 31.4 Å². The van der Waals surface area contributed by atoms with Crippen LogP contribution in [0, 0.1) is 6.92 Å². The lowest BCUT2D eigenvalue weighted by Gasteiger charge is -2.24. The Morgan fingerprint density at radius 1 is 1.32 bits per heavy atom. The third-order valence-electron chi connectivity index (χ3n) is 3.87. The fraction of sp³-hybridized carbons (Fsp3) is 0.412. The number of carbonyl (C=O) groups excluding carboxylic acids is 1. The lowest BCUT2D eigenvalue weighted by Crippen LogP contribution is -2.40. The van der Waals surface area contributed by atoms with Crippen molar-refractivity contribution >= 4 is 22.8 Å². The number of carboxylic acid groups (broad SMARTS) is 1. The maximum atomic E-state index is 12.3. The van der Waals surface area contributed by atoms with E-state index in [4.69, 9.17) is 5.11 Å². The maximum Gasteiger partial charge on any atom is 0.323 e. The summed E-state index contributed by atoms with van der Waals surface area (Å²) in [6, 6.07) is 5.97. The molecule has 0 bridgehead atoms. The molecule has 0 fully saturated rings. The summed E-state index contributed by atoms with van der Waals surface area (Å²) in [4.78, 5) is 27.8. The predicted molar refractivity (Wildman–Crippen MR) is 85.8 cm³/mol. The number of amides is 1. The van der Waals surface area contributed by atoms with Crippen LogP contribution in [0.5, 0.6) is 0 Å². The Bertz CT molecular complexity index is 688. The molecule has 0 aliphatic heterocycles. The second-order valence-corrected chi connectivity index (χ2v) is 5.82. The highest BCUT2D eigenvalue weighted by Crippen LogP contribution is 2.22. The van der Waals surface area contributed by atoms with Crippen molar-refractivity contribution in [3.05, 3.63) is 35.5 Å². The zero-order valence-corrected chi connectivity index (χ0v) is 13.2. The Morgan fingerprint density at radius 2 is 2.05 bits per heavy atom. The van der Waals surface area contributed by atoms with Crippen LogP contribution < -0.4 is 0 Å². The first kappa shape index (κ1) is 16.1. The number of para-hydroxylation sites is 1. The monoisotopic (exact) mass is 302 g/mol. The molecule has 0 atom stereocenters. The highest BCUT2D eigenvalue weighted by molar-refractivity contribution is 5.87. The summed E-state index contributed by atoms with van der Waals surface area (Å²) >= 11 is 0. The number of rotatable bonds is 6. The van der Waals surface area contributed by atoms with Crippen molar-refractivity contribution in [2.24, 2.45) is 0 Å². The number of hydrogen-bond donors (Lipinski definition) is 2. The van der Waals surface area contributed by atoms with Crippen molar-refractivity contribution in [2.75, 3.05) is 6.54 Å². The first-order valence-electron chi connectivity index (χ1n) is 7.47. The highest BCUT2D eigenvalue weighted by atomic mass is 16.4. The molecular weight excluding hydrogens is 280 g/mol. The van der Waals surface area contributed by atoms with E-state index in [1.54, 1.807) is 0 Å². The summed E-state index contributed by atoms with van der Waals surface area (Å²) in [7, 11) is 0. The number of hydrogen-bond acceptors (Lipinski definition) is 2. The summed E-state index contributed by atoms with van der Waals surface area (Å²) in [5.74, 6) is -1.11. The van der Waals surface area contributed by atoms with Gasteiger partial charge in [0, 0.05) is 29.6 Å². The number of aromatic amines is 1. The summed E-state index contributed by atoms with van der Waals surface area (Å²) in [5.41, 5.74) is 3.35. The zero-order chi connectivity index (χ0) is 16.3. The van der Waals surface area contributed by atoms with E-state index in [0.717, 1.165) is 16.5 Å². The van der Waals surface area contributed by atoms with Gasteiger partial charge in [0.25, 0.3) is 0 Å². The lowest BCUT2D eigenvalue weighted by molar-refractivity contribution is -0.145. The minimum Gasteiger partial charge on any atom is -0.480 e. The molecule has 5 nitrogen and oxygen atoms in total. The van der Waals surface area contributed by atoms with Gasteiger partial charge in [-0.15, -0.1) is 0 Å². The van der Waals surface area contributed by atoms with Crippen molar-refractivity contribution < 1.29 is 14.7 Å². The molecule has 22 heavy (non-hydrogen) atoms. The van der Waals surface area contributed by atoms with Crippen LogP contribution in [0.4, 0.5) is 0 Å². The predicted octanol–water partition coefficient (Wildman–Crippen LogP) is 2.73. The van der Waals surface area contributed by atoms with E-state index in [-0.39, 0.29) is 18.5 Å². The second-order valence-electron chi connectivity index (χ2n) is 5.82. The Morgan fingerprint density at radius 3 is 2.68 bits per heavy atom. The van der Waals surface area contributed by atoms with Gasteiger partial charge in [0.2, 0.25) is 5.91 Å². The molecule has 2 rings (SSSR count). The molecule has 5 heteroatoms. The number of benzene rings is 1. The van der Waals surface area contributed by atoms with Gasteiger partial charge in [0.1, 0.15) is 6.54 Å². The number of nitrogens with zero attached hydrogens (tertiary/aromatic N) is 1. The third kappa shape index (κ3) is 3.47. The molecule has 2 N–H and O–H groups in total. The number of aromatic nitrogens is 1. The van der Waals surface area contributed by atoms with E-state index in [1.165, 1.54) is 10.5 Å². The van der Waals surface area contributed by atoms with Crippen molar-refractivity contribution in [3.8, 4) is 0 Å².